The van der Waals surface area contributed by atoms with Gasteiger partial charge in [0.1, 0.15) is 11.4 Å². The SMILES string of the molecule is O=C(NCc1ccccc1)c1cnn2c1NC(c1cccs1)CC2C(F)(F)F. The van der Waals surface area contributed by atoms with E-state index in [1.54, 1.807) is 12.1 Å². The summed E-state index contributed by atoms with van der Waals surface area (Å²) in [5.41, 5.74) is 1.00. The summed E-state index contributed by atoms with van der Waals surface area (Å²) in [6.07, 6.45) is -3.45. The number of amides is 1. The Kier molecular flexibility index (Phi) is 4.84. The molecule has 1 aromatic carbocycles. The second kappa shape index (κ2) is 7.31. The van der Waals surface area contributed by atoms with Crippen molar-refractivity contribution < 1.29 is 18.0 Å². The van der Waals surface area contributed by atoms with Gasteiger partial charge in [0.05, 0.1) is 12.2 Å². The molecule has 3 aromatic rings. The van der Waals surface area contributed by atoms with Crippen LogP contribution >= 0.6 is 11.3 Å². The Hall–Kier alpha value is -2.81. The third kappa shape index (κ3) is 3.62. The molecule has 146 valence electrons. The molecule has 0 saturated heterocycles. The topological polar surface area (TPSA) is 59.0 Å². The van der Waals surface area contributed by atoms with Crippen LogP contribution in [0.1, 0.15) is 39.3 Å². The van der Waals surface area contributed by atoms with Crippen molar-refractivity contribution in [1.82, 2.24) is 15.1 Å². The highest BCUT2D eigenvalue weighted by Gasteiger charge is 2.47. The summed E-state index contributed by atoms with van der Waals surface area (Å²) in [6, 6.07) is 10.6. The lowest BCUT2D eigenvalue weighted by atomic mass is 10.0. The third-order valence-electron chi connectivity index (χ3n) is 4.67. The summed E-state index contributed by atoms with van der Waals surface area (Å²) in [6.45, 7) is 0.279. The number of anilines is 1. The maximum Gasteiger partial charge on any atom is 0.410 e. The van der Waals surface area contributed by atoms with Gasteiger partial charge < -0.3 is 10.6 Å². The second-order valence-electron chi connectivity index (χ2n) is 6.53. The van der Waals surface area contributed by atoms with Gasteiger partial charge in [-0.2, -0.15) is 18.3 Å². The van der Waals surface area contributed by atoms with Gasteiger partial charge >= 0.3 is 6.18 Å². The summed E-state index contributed by atoms with van der Waals surface area (Å²) in [5, 5.41) is 11.5. The Balaban J connectivity index is 1.61. The maximum absolute atomic E-state index is 13.6. The lowest BCUT2D eigenvalue weighted by molar-refractivity contribution is -0.173. The van der Waals surface area contributed by atoms with E-state index in [9.17, 15) is 18.0 Å². The minimum atomic E-state index is -4.46. The van der Waals surface area contributed by atoms with Gasteiger partial charge in [0, 0.05) is 17.8 Å². The number of alkyl halides is 3. The van der Waals surface area contributed by atoms with Crippen LogP contribution in [0.4, 0.5) is 19.0 Å². The maximum atomic E-state index is 13.6. The summed E-state index contributed by atoms with van der Waals surface area (Å²) >= 11 is 1.38. The number of rotatable bonds is 4. The number of halogens is 3. The first-order valence-electron chi connectivity index (χ1n) is 8.70. The molecule has 1 amide bonds. The number of nitrogens with one attached hydrogen (secondary N) is 2. The van der Waals surface area contributed by atoms with Crippen molar-refractivity contribution in [2.45, 2.75) is 31.2 Å². The largest absolute Gasteiger partial charge is 0.410 e. The first kappa shape index (κ1) is 18.5. The lowest BCUT2D eigenvalue weighted by Crippen LogP contribution is -2.36. The van der Waals surface area contributed by atoms with Crippen molar-refractivity contribution in [3.8, 4) is 0 Å². The van der Waals surface area contributed by atoms with Crippen molar-refractivity contribution in [2.24, 2.45) is 0 Å². The van der Waals surface area contributed by atoms with Crippen molar-refractivity contribution in [3.05, 3.63) is 70.0 Å². The van der Waals surface area contributed by atoms with Crippen LogP contribution in [0.3, 0.4) is 0 Å². The molecule has 0 spiro atoms. The molecule has 0 fully saturated rings. The van der Waals surface area contributed by atoms with Gasteiger partial charge in [0.15, 0.2) is 6.04 Å². The van der Waals surface area contributed by atoms with Crippen LogP contribution < -0.4 is 10.6 Å². The molecule has 2 aromatic heterocycles. The van der Waals surface area contributed by atoms with Crippen LogP contribution in [0.25, 0.3) is 0 Å². The quantitative estimate of drug-likeness (QED) is 0.669. The van der Waals surface area contributed by atoms with E-state index in [0.717, 1.165) is 15.1 Å². The minimum Gasteiger partial charge on any atom is -0.362 e. The van der Waals surface area contributed by atoms with Crippen LogP contribution in [0, 0.1) is 0 Å². The van der Waals surface area contributed by atoms with E-state index < -0.39 is 24.2 Å². The lowest BCUT2D eigenvalue weighted by Gasteiger charge is -2.33. The molecule has 1 aliphatic rings. The fraction of sp³-hybridized carbons (Fsp3) is 0.263. The van der Waals surface area contributed by atoms with Crippen molar-refractivity contribution in [3.63, 3.8) is 0 Å². The number of carbonyl (C=O) groups excluding carboxylic acids is 1. The van der Waals surface area contributed by atoms with Crippen molar-refractivity contribution in [1.29, 1.82) is 0 Å². The van der Waals surface area contributed by atoms with Gasteiger partial charge in [-0.25, -0.2) is 4.68 Å². The molecule has 3 heterocycles. The summed E-state index contributed by atoms with van der Waals surface area (Å²) in [4.78, 5) is 13.4. The van der Waals surface area contributed by atoms with E-state index in [1.807, 2.05) is 35.7 Å². The van der Waals surface area contributed by atoms with Gasteiger partial charge in [-0.15, -0.1) is 11.3 Å². The third-order valence-corrected chi connectivity index (χ3v) is 5.65. The highest BCUT2D eigenvalue weighted by Crippen LogP contribution is 2.44. The number of aromatic nitrogens is 2. The molecule has 4 rings (SSSR count). The standard InChI is InChI=1S/C19H17F3N4OS/c20-19(21,22)16-9-14(15-7-4-8-28-15)25-17-13(11-24-26(16)17)18(27)23-10-12-5-2-1-3-6-12/h1-8,11,14,16,25H,9-10H2,(H,23,27). The predicted molar refractivity (Wildman–Crippen MR) is 100 cm³/mol. The van der Waals surface area contributed by atoms with Gasteiger partial charge in [-0.05, 0) is 17.0 Å². The van der Waals surface area contributed by atoms with Crippen LogP contribution in [-0.2, 0) is 6.54 Å². The highest BCUT2D eigenvalue weighted by molar-refractivity contribution is 7.10. The molecule has 5 nitrogen and oxygen atoms in total. The smallest absolute Gasteiger partial charge is 0.362 e. The van der Waals surface area contributed by atoms with Gasteiger partial charge in [-0.3, -0.25) is 4.79 Å². The second-order valence-corrected chi connectivity index (χ2v) is 7.50. The van der Waals surface area contributed by atoms with Crippen LogP contribution in [-0.4, -0.2) is 21.9 Å². The monoisotopic (exact) mass is 406 g/mol. The molecule has 0 saturated carbocycles. The molecular weight excluding hydrogens is 389 g/mol. The minimum absolute atomic E-state index is 0.0949. The van der Waals surface area contributed by atoms with Crippen LogP contribution in [0.15, 0.2) is 54.0 Å². The van der Waals surface area contributed by atoms with Crippen molar-refractivity contribution in [2.75, 3.05) is 5.32 Å². The highest BCUT2D eigenvalue weighted by atomic mass is 32.1. The Morgan fingerprint density at radius 2 is 2.04 bits per heavy atom. The molecule has 0 radical (unpaired) electrons. The van der Waals surface area contributed by atoms with E-state index >= 15 is 0 Å². The molecular formula is C19H17F3N4OS. The average molecular weight is 406 g/mol. The summed E-state index contributed by atoms with van der Waals surface area (Å²) in [7, 11) is 0. The van der Waals surface area contributed by atoms with E-state index in [-0.39, 0.29) is 24.3 Å². The van der Waals surface area contributed by atoms with Crippen molar-refractivity contribution >= 4 is 23.1 Å². The first-order valence-corrected chi connectivity index (χ1v) is 9.57. The molecule has 2 atom stereocenters. The molecule has 9 heteroatoms. The Labute approximate surface area is 163 Å². The van der Waals surface area contributed by atoms with E-state index in [1.165, 1.54) is 17.5 Å². The number of nitrogens with zero attached hydrogens (tertiary/aromatic N) is 2. The number of benzene rings is 1. The molecule has 2 unspecified atom stereocenters. The summed E-state index contributed by atoms with van der Waals surface area (Å²) < 4.78 is 41.8. The molecule has 0 aliphatic carbocycles. The number of carbonyl (C=O) groups is 1. The fourth-order valence-corrected chi connectivity index (χ4v) is 4.07. The molecule has 1 aliphatic heterocycles. The Morgan fingerprint density at radius 1 is 1.25 bits per heavy atom. The van der Waals surface area contributed by atoms with E-state index in [4.69, 9.17) is 0 Å². The van der Waals surface area contributed by atoms with Gasteiger partial charge in [-0.1, -0.05) is 36.4 Å². The normalized spacial score (nSPS) is 19.0. The van der Waals surface area contributed by atoms with E-state index in [0.29, 0.717) is 0 Å². The Morgan fingerprint density at radius 3 is 2.71 bits per heavy atom. The predicted octanol–water partition coefficient (Wildman–Crippen LogP) is 4.53. The zero-order chi connectivity index (χ0) is 19.7. The Bertz CT molecular complexity index is 953. The summed E-state index contributed by atoms with van der Waals surface area (Å²) in [5.74, 6) is -0.372. The number of hydrogen-bond acceptors (Lipinski definition) is 4. The van der Waals surface area contributed by atoms with Crippen LogP contribution in [0.2, 0.25) is 0 Å². The van der Waals surface area contributed by atoms with Gasteiger partial charge in [0.2, 0.25) is 0 Å². The number of thiophene rings is 1. The number of fused-ring (bicyclic) bond motifs is 1. The molecule has 0 bridgehead atoms. The first-order chi connectivity index (χ1) is 13.4. The zero-order valence-corrected chi connectivity index (χ0v) is 15.4. The molecule has 2 N–H and O–H groups in total. The van der Waals surface area contributed by atoms with E-state index in [2.05, 4.69) is 15.7 Å². The zero-order valence-electron chi connectivity index (χ0n) is 14.6. The number of hydrogen-bond donors (Lipinski definition) is 2. The van der Waals surface area contributed by atoms with Crippen LogP contribution in [0.5, 0.6) is 0 Å². The van der Waals surface area contributed by atoms with Gasteiger partial charge in [0.25, 0.3) is 5.91 Å². The molecule has 28 heavy (non-hydrogen) atoms. The average Bonchev–Trinajstić information content (AvgIpc) is 3.35. The fourth-order valence-electron chi connectivity index (χ4n) is 3.28.